The number of hydrogen-bond donors (Lipinski definition) is 2. The first-order chi connectivity index (χ1) is 14.7. The molecule has 1 spiro atoms. The van der Waals surface area contributed by atoms with Crippen LogP contribution in [-0.4, -0.2) is 35.2 Å². The molecule has 2 aliphatic rings. The summed E-state index contributed by atoms with van der Waals surface area (Å²) in [5.74, 6) is -1.67. The number of carbonyl (C=O) groups excluding carboxylic acids is 3. The minimum Gasteiger partial charge on any atom is -0.368 e. The van der Waals surface area contributed by atoms with Crippen molar-refractivity contribution in [2.45, 2.75) is 30.7 Å². The lowest BCUT2D eigenvalue weighted by Crippen LogP contribution is -2.64. The Kier molecular flexibility index (Phi) is 5.43. The number of anilines is 1. The van der Waals surface area contributed by atoms with Gasteiger partial charge in [0.2, 0.25) is 17.7 Å². The number of nitrogens with zero attached hydrogens (tertiary/aromatic N) is 1. The fourth-order valence-corrected chi connectivity index (χ4v) is 5.65. The second-order valence-electron chi connectivity index (χ2n) is 8.06. The van der Waals surface area contributed by atoms with Crippen LogP contribution in [0.4, 0.5) is 5.69 Å². The van der Waals surface area contributed by atoms with E-state index >= 15 is 0 Å². The number of halogens is 2. The summed E-state index contributed by atoms with van der Waals surface area (Å²) in [5.41, 5.74) is 7.05. The van der Waals surface area contributed by atoms with Crippen molar-refractivity contribution in [2.75, 3.05) is 11.9 Å². The molecule has 3 N–H and O–H groups in total. The Labute approximate surface area is 193 Å². The second-order valence-corrected chi connectivity index (χ2v) is 9.41. The molecule has 2 aliphatic heterocycles. The third kappa shape index (κ3) is 3.36. The van der Waals surface area contributed by atoms with Crippen LogP contribution in [0.5, 0.6) is 0 Å². The Hall–Kier alpha value is -2.64. The number of benzene rings is 2. The summed E-state index contributed by atoms with van der Waals surface area (Å²) in [5, 5.41) is 3.50. The molecule has 3 amide bonds. The van der Waals surface area contributed by atoms with Crippen molar-refractivity contribution in [1.82, 2.24) is 4.90 Å². The van der Waals surface area contributed by atoms with E-state index in [1.54, 1.807) is 25.1 Å². The van der Waals surface area contributed by atoms with Crippen molar-refractivity contribution in [2.24, 2.45) is 5.73 Å². The van der Waals surface area contributed by atoms with Crippen LogP contribution in [0, 0.1) is 0 Å². The van der Waals surface area contributed by atoms with Gasteiger partial charge in [-0.15, -0.1) is 0 Å². The van der Waals surface area contributed by atoms with Crippen molar-refractivity contribution in [3.8, 4) is 0 Å². The van der Waals surface area contributed by atoms with Gasteiger partial charge < -0.3 is 16.0 Å². The van der Waals surface area contributed by atoms with Gasteiger partial charge in [-0.1, -0.05) is 57.9 Å². The van der Waals surface area contributed by atoms with Gasteiger partial charge in [0.1, 0.15) is 5.41 Å². The topological polar surface area (TPSA) is 92.5 Å². The maximum atomic E-state index is 13.8. The summed E-state index contributed by atoms with van der Waals surface area (Å²) >= 11 is 9.72. The van der Waals surface area contributed by atoms with Crippen molar-refractivity contribution in [1.29, 1.82) is 0 Å². The molecule has 4 rings (SSSR count). The van der Waals surface area contributed by atoms with Crippen LogP contribution in [0.15, 0.2) is 59.1 Å². The second kappa shape index (κ2) is 7.80. The van der Waals surface area contributed by atoms with Gasteiger partial charge >= 0.3 is 0 Å². The standard InChI is InChI=1S/C23H21BrClN3O3/c1-12(2)21-23(16-7-6-14(24)9-18(16)27-22(23)31)17(13-4-3-5-15(25)8-13)10-20(30)28(21)11-19(26)29/h3-9,17,21H,1,10-11H2,2H3,(H2,26,29)(H,27,31)/t17-,21+,23-/m1/s1. The Morgan fingerprint density at radius 2 is 2.06 bits per heavy atom. The minimum atomic E-state index is -1.18. The van der Waals surface area contributed by atoms with Crippen LogP contribution in [0.2, 0.25) is 5.02 Å². The predicted octanol–water partition coefficient (Wildman–Crippen LogP) is 3.74. The zero-order chi connectivity index (χ0) is 22.5. The van der Waals surface area contributed by atoms with E-state index in [0.717, 1.165) is 15.6 Å². The molecule has 31 heavy (non-hydrogen) atoms. The number of amides is 3. The smallest absolute Gasteiger partial charge is 0.238 e. The maximum Gasteiger partial charge on any atom is 0.238 e. The number of primary amides is 1. The number of nitrogens with one attached hydrogen (secondary N) is 1. The van der Waals surface area contributed by atoms with Gasteiger partial charge in [-0.25, -0.2) is 0 Å². The Bertz CT molecular complexity index is 1130. The van der Waals surface area contributed by atoms with E-state index in [1.807, 2.05) is 24.3 Å². The molecule has 8 heteroatoms. The van der Waals surface area contributed by atoms with Gasteiger partial charge in [0.15, 0.2) is 0 Å². The van der Waals surface area contributed by atoms with Gasteiger partial charge in [0, 0.05) is 27.5 Å². The molecule has 1 saturated heterocycles. The largest absolute Gasteiger partial charge is 0.368 e. The highest BCUT2D eigenvalue weighted by atomic mass is 79.9. The third-order valence-electron chi connectivity index (χ3n) is 6.09. The highest BCUT2D eigenvalue weighted by molar-refractivity contribution is 9.10. The maximum absolute atomic E-state index is 13.8. The van der Waals surface area contributed by atoms with E-state index < -0.39 is 23.3 Å². The first kappa shape index (κ1) is 21.6. The van der Waals surface area contributed by atoms with Gasteiger partial charge in [-0.2, -0.15) is 0 Å². The van der Waals surface area contributed by atoms with Crippen LogP contribution in [0.3, 0.4) is 0 Å². The van der Waals surface area contributed by atoms with Crippen LogP contribution in [0.25, 0.3) is 0 Å². The molecule has 2 aromatic rings. The van der Waals surface area contributed by atoms with E-state index in [9.17, 15) is 14.4 Å². The summed E-state index contributed by atoms with van der Waals surface area (Å²) in [4.78, 5) is 40.2. The molecule has 0 bridgehead atoms. The lowest BCUT2D eigenvalue weighted by Gasteiger charge is -2.51. The van der Waals surface area contributed by atoms with E-state index in [1.165, 1.54) is 4.90 Å². The fourth-order valence-electron chi connectivity index (χ4n) is 5.09. The lowest BCUT2D eigenvalue weighted by atomic mass is 9.58. The number of carbonyl (C=O) groups is 3. The molecule has 3 atom stereocenters. The van der Waals surface area contributed by atoms with E-state index in [4.69, 9.17) is 17.3 Å². The summed E-state index contributed by atoms with van der Waals surface area (Å²) in [7, 11) is 0. The van der Waals surface area contributed by atoms with E-state index in [0.29, 0.717) is 16.3 Å². The summed E-state index contributed by atoms with van der Waals surface area (Å²) in [6.45, 7) is 5.57. The zero-order valence-electron chi connectivity index (χ0n) is 16.8. The van der Waals surface area contributed by atoms with Crippen LogP contribution < -0.4 is 11.1 Å². The molecule has 0 aliphatic carbocycles. The number of nitrogens with two attached hydrogens (primary N) is 1. The first-order valence-corrected chi connectivity index (χ1v) is 10.9. The monoisotopic (exact) mass is 501 g/mol. The summed E-state index contributed by atoms with van der Waals surface area (Å²) in [6, 6.07) is 12.0. The normalized spacial score (nSPS) is 24.8. The molecule has 0 aromatic heterocycles. The van der Waals surface area contributed by atoms with Gasteiger partial charge in [0.05, 0.1) is 12.6 Å². The van der Waals surface area contributed by atoms with E-state index in [-0.39, 0.29) is 24.8 Å². The molecule has 1 fully saturated rings. The lowest BCUT2D eigenvalue weighted by molar-refractivity contribution is -0.146. The molecule has 160 valence electrons. The Balaban J connectivity index is 2.03. The SMILES string of the molecule is C=C(C)[C@@H]1N(CC(N)=O)C(=O)C[C@H](c2cccc(Cl)c2)[C@@]12C(=O)Nc1cc(Br)ccc12. The highest BCUT2D eigenvalue weighted by Crippen LogP contribution is 2.56. The molecule has 2 heterocycles. The number of rotatable bonds is 4. The van der Waals surface area contributed by atoms with Crippen LogP contribution in [-0.2, 0) is 19.8 Å². The average molecular weight is 503 g/mol. The minimum absolute atomic E-state index is 0.0281. The third-order valence-corrected chi connectivity index (χ3v) is 6.82. The van der Waals surface area contributed by atoms with Gasteiger partial charge in [-0.05, 0) is 42.3 Å². The average Bonchev–Trinajstić information content (AvgIpc) is 2.95. The number of likely N-dealkylation sites (tertiary alicyclic amines) is 1. The number of hydrogen-bond acceptors (Lipinski definition) is 3. The predicted molar refractivity (Wildman–Crippen MR) is 123 cm³/mol. The number of piperidine rings is 1. The van der Waals surface area contributed by atoms with Crippen molar-refractivity contribution in [3.63, 3.8) is 0 Å². The molecule has 0 unspecified atom stereocenters. The first-order valence-electron chi connectivity index (χ1n) is 9.76. The molecule has 0 saturated carbocycles. The van der Waals surface area contributed by atoms with Gasteiger partial charge in [-0.3, -0.25) is 14.4 Å². The summed E-state index contributed by atoms with van der Waals surface area (Å²) in [6.07, 6.45) is 0.0281. The fraction of sp³-hybridized carbons (Fsp3) is 0.261. The molecular weight excluding hydrogens is 482 g/mol. The van der Waals surface area contributed by atoms with E-state index in [2.05, 4.69) is 27.8 Å². The molecule has 6 nitrogen and oxygen atoms in total. The van der Waals surface area contributed by atoms with Crippen LogP contribution in [0.1, 0.15) is 30.4 Å². The highest BCUT2D eigenvalue weighted by Gasteiger charge is 2.63. The van der Waals surface area contributed by atoms with Crippen molar-refractivity contribution < 1.29 is 14.4 Å². The molecule has 2 aromatic carbocycles. The Morgan fingerprint density at radius 3 is 2.71 bits per heavy atom. The number of fused-ring (bicyclic) bond motifs is 2. The Morgan fingerprint density at radius 1 is 1.32 bits per heavy atom. The quantitative estimate of drug-likeness (QED) is 0.624. The summed E-state index contributed by atoms with van der Waals surface area (Å²) < 4.78 is 0.815. The van der Waals surface area contributed by atoms with Crippen molar-refractivity contribution >= 4 is 50.9 Å². The van der Waals surface area contributed by atoms with Gasteiger partial charge in [0.25, 0.3) is 0 Å². The van der Waals surface area contributed by atoms with Crippen LogP contribution >= 0.6 is 27.5 Å². The van der Waals surface area contributed by atoms with Crippen molar-refractivity contribution in [3.05, 3.63) is 75.2 Å². The zero-order valence-corrected chi connectivity index (χ0v) is 19.2. The molecular formula is C23H21BrClN3O3. The molecule has 0 radical (unpaired) electrons.